The number of fused-ring (bicyclic) bond motifs is 1. The van der Waals surface area contributed by atoms with Crippen LogP contribution in [0, 0.1) is 0 Å². The standard InChI is InChI=1S/C14H14ClF3N2O4/c15-9-3-8(4-10-13(9)24-2-1-23-10)5-11(21)19-6-12(22)20-7-14(16,17)18/h3-4H,1-2,5-7H2,(H,19,21)(H,20,22). The number of benzene rings is 1. The first kappa shape index (κ1) is 18.2. The van der Waals surface area contributed by atoms with E-state index in [4.69, 9.17) is 21.1 Å². The van der Waals surface area contributed by atoms with E-state index in [9.17, 15) is 22.8 Å². The number of carbonyl (C=O) groups excluding carboxylic acids is 2. The van der Waals surface area contributed by atoms with E-state index in [2.05, 4.69) is 5.32 Å². The molecule has 2 N–H and O–H groups in total. The van der Waals surface area contributed by atoms with Crippen molar-refractivity contribution in [2.75, 3.05) is 26.3 Å². The Labute approximate surface area is 140 Å². The number of amides is 2. The number of nitrogens with one attached hydrogen (secondary N) is 2. The molecule has 10 heteroatoms. The third-order valence-corrected chi connectivity index (χ3v) is 3.23. The van der Waals surface area contributed by atoms with Crippen LogP contribution in [0.4, 0.5) is 13.2 Å². The lowest BCUT2D eigenvalue weighted by Crippen LogP contribution is -2.41. The highest BCUT2D eigenvalue weighted by molar-refractivity contribution is 6.32. The normalized spacial score (nSPS) is 13.3. The van der Waals surface area contributed by atoms with Gasteiger partial charge in [-0.2, -0.15) is 13.2 Å². The van der Waals surface area contributed by atoms with E-state index in [-0.39, 0.29) is 11.4 Å². The highest BCUT2D eigenvalue weighted by Crippen LogP contribution is 2.38. The first-order valence-electron chi connectivity index (χ1n) is 6.93. The summed E-state index contributed by atoms with van der Waals surface area (Å²) < 4.78 is 46.5. The lowest BCUT2D eigenvalue weighted by molar-refractivity contribution is -0.138. The molecule has 0 atom stereocenters. The zero-order valence-electron chi connectivity index (χ0n) is 12.3. The van der Waals surface area contributed by atoms with Gasteiger partial charge in [-0.15, -0.1) is 0 Å². The second-order valence-electron chi connectivity index (χ2n) is 4.95. The van der Waals surface area contributed by atoms with Gasteiger partial charge in [0.1, 0.15) is 19.8 Å². The molecule has 2 amide bonds. The van der Waals surface area contributed by atoms with Gasteiger partial charge in [-0.1, -0.05) is 11.6 Å². The molecule has 132 valence electrons. The monoisotopic (exact) mass is 366 g/mol. The van der Waals surface area contributed by atoms with Crippen LogP contribution in [0.1, 0.15) is 5.56 Å². The zero-order chi connectivity index (χ0) is 17.7. The smallest absolute Gasteiger partial charge is 0.405 e. The van der Waals surface area contributed by atoms with Gasteiger partial charge in [-0.3, -0.25) is 9.59 Å². The molecule has 1 heterocycles. The van der Waals surface area contributed by atoms with Crippen molar-refractivity contribution in [1.29, 1.82) is 0 Å². The largest absolute Gasteiger partial charge is 0.486 e. The summed E-state index contributed by atoms with van der Waals surface area (Å²) in [7, 11) is 0. The maximum absolute atomic E-state index is 11.9. The average Bonchev–Trinajstić information content (AvgIpc) is 2.50. The third-order valence-electron chi connectivity index (χ3n) is 2.95. The molecule has 1 aliphatic rings. The van der Waals surface area contributed by atoms with Crippen molar-refractivity contribution in [3.05, 3.63) is 22.7 Å². The first-order valence-corrected chi connectivity index (χ1v) is 7.30. The number of rotatable bonds is 5. The van der Waals surface area contributed by atoms with E-state index in [1.807, 2.05) is 0 Å². The minimum atomic E-state index is -4.50. The molecule has 0 aromatic heterocycles. The molecular formula is C14H14ClF3N2O4. The summed E-state index contributed by atoms with van der Waals surface area (Å²) in [6.07, 6.45) is -4.61. The lowest BCUT2D eigenvalue weighted by atomic mass is 10.1. The van der Waals surface area contributed by atoms with Gasteiger partial charge in [0.05, 0.1) is 18.0 Å². The van der Waals surface area contributed by atoms with Crippen LogP contribution in [0.3, 0.4) is 0 Å². The summed E-state index contributed by atoms with van der Waals surface area (Å²) in [5.41, 5.74) is 0.525. The molecule has 0 fully saturated rings. The third kappa shape index (κ3) is 5.48. The van der Waals surface area contributed by atoms with E-state index in [1.54, 1.807) is 11.4 Å². The summed E-state index contributed by atoms with van der Waals surface area (Å²) in [5, 5.41) is 4.18. The van der Waals surface area contributed by atoms with Gasteiger partial charge in [0.2, 0.25) is 11.8 Å². The maximum atomic E-state index is 11.9. The van der Waals surface area contributed by atoms with Crippen LogP contribution in [0.2, 0.25) is 5.02 Å². The SMILES string of the molecule is O=C(CNC(=O)Cc1cc(Cl)c2c(c1)OCCO2)NCC(F)(F)F. The van der Waals surface area contributed by atoms with Crippen molar-refractivity contribution < 1.29 is 32.2 Å². The molecule has 1 aliphatic heterocycles. The average molecular weight is 367 g/mol. The second-order valence-corrected chi connectivity index (χ2v) is 5.35. The molecule has 2 rings (SSSR count). The Morgan fingerprint density at radius 3 is 2.54 bits per heavy atom. The van der Waals surface area contributed by atoms with E-state index < -0.39 is 31.1 Å². The van der Waals surface area contributed by atoms with Crippen LogP contribution in [-0.4, -0.2) is 44.3 Å². The molecular weight excluding hydrogens is 353 g/mol. The quantitative estimate of drug-likeness (QED) is 0.827. The zero-order valence-corrected chi connectivity index (χ0v) is 13.1. The fourth-order valence-corrected chi connectivity index (χ4v) is 2.24. The minimum Gasteiger partial charge on any atom is -0.486 e. The molecule has 0 saturated heterocycles. The molecule has 0 unspecified atom stereocenters. The lowest BCUT2D eigenvalue weighted by Gasteiger charge is -2.20. The van der Waals surface area contributed by atoms with E-state index >= 15 is 0 Å². The van der Waals surface area contributed by atoms with Gasteiger partial charge in [-0.25, -0.2) is 0 Å². The van der Waals surface area contributed by atoms with Crippen molar-refractivity contribution in [1.82, 2.24) is 10.6 Å². The summed E-state index contributed by atoms with van der Waals surface area (Å²) in [4.78, 5) is 23.0. The van der Waals surface area contributed by atoms with Crippen molar-refractivity contribution in [3.63, 3.8) is 0 Å². The van der Waals surface area contributed by atoms with Crippen molar-refractivity contribution in [3.8, 4) is 11.5 Å². The molecule has 0 saturated carbocycles. The van der Waals surface area contributed by atoms with Crippen LogP contribution >= 0.6 is 11.6 Å². The summed E-state index contributed by atoms with van der Waals surface area (Å²) >= 11 is 6.03. The number of hydrogen-bond acceptors (Lipinski definition) is 4. The molecule has 0 radical (unpaired) electrons. The fourth-order valence-electron chi connectivity index (χ4n) is 1.95. The Morgan fingerprint density at radius 1 is 1.12 bits per heavy atom. The predicted octanol–water partition coefficient (Wildman–Crippen LogP) is 1.45. The number of alkyl halides is 3. The van der Waals surface area contributed by atoms with E-state index in [1.165, 1.54) is 6.07 Å². The van der Waals surface area contributed by atoms with Gasteiger partial charge in [0.25, 0.3) is 0 Å². The number of halogens is 4. The number of ether oxygens (including phenoxy) is 2. The summed E-state index contributed by atoms with van der Waals surface area (Å²) in [6, 6.07) is 3.11. The van der Waals surface area contributed by atoms with Gasteiger partial charge >= 0.3 is 6.18 Å². The number of hydrogen-bond donors (Lipinski definition) is 2. The molecule has 1 aromatic rings. The van der Waals surface area contributed by atoms with Crippen LogP contribution in [0.25, 0.3) is 0 Å². The fraction of sp³-hybridized carbons (Fsp3) is 0.429. The molecule has 24 heavy (non-hydrogen) atoms. The summed E-state index contributed by atoms with van der Waals surface area (Å²) in [6.45, 7) is -1.26. The van der Waals surface area contributed by atoms with Crippen molar-refractivity contribution >= 4 is 23.4 Å². The molecule has 0 bridgehead atoms. The van der Waals surface area contributed by atoms with Crippen LogP contribution < -0.4 is 20.1 Å². The summed E-state index contributed by atoms with van der Waals surface area (Å²) in [5.74, 6) is -0.649. The Morgan fingerprint density at radius 2 is 1.83 bits per heavy atom. The Bertz CT molecular complexity index is 637. The van der Waals surface area contributed by atoms with E-state index in [0.717, 1.165) is 0 Å². The first-order chi connectivity index (χ1) is 11.2. The molecule has 1 aromatic carbocycles. The molecule has 0 aliphatic carbocycles. The van der Waals surface area contributed by atoms with Gasteiger partial charge in [-0.05, 0) is 17.7 Å². The Hall–Kier alpha value is -2.16. The van der Waals surface area contributed by atoms with Gasteiger partial charge in [0.15, 0.2) is 11.5 Å². The second kappa shape index (κ2) is 7.61. The van der Waals surface area contributed by atoms with Crippen molar-refractivity contribution in [2.24, 2.45) is 0 Å². The minimum absolute atomic E-state index is 0.108. The van der Waals surface area contributed by atoms with Crippen LogP contribution in [0.5, 0.6) is 11.5 Å². The van der Waals surface area contributed by atoms with Crippen molar-refractivity contribution in [2.45, 2.75) is 12.6 Å². The maximum Gasteiger partial charge on any atom is 0.405 e. The van der Waals surface area contributed by atoms with E-state index in [0.29, 0.717) is 30.3 Å². The highest BCUT2D eigenvalue weighted by atomic mass is 35.5. The van der Waals surface area contributed by atoms with Gasteiger partial charge in [0, 0.05) is 0 Å². The molecule has 6 nitrogen and oxygen atoms in total. The Kier molecular flexibility index (Phi) is 5.76. The van der Waals surface area contributed by atoms with Crippen LogP contribution in [-0.2, 0) is 16.0 Å². The molecule has 0 spiro atoms. The number of carbonyl (C=O) groups is 2. The van der Waals surface area contributed by atoms with Gasteiger partial charge < -0.3 is 20.1 Å². The highest BCUT2D eigenvalue weighted by Gasteiger charge is 2.27. The topological polar surface area (TPSA) is 76.7 Å². The van der Waals surface area contributed by atoms with Crippen LogP contribution in [0.15, 0.2) is 12.1 Å². The predicted molar refractivity (Wildman–Crippen MR) is 78.2 cm³/mol. The Balaban J connectivity index is 1.84.